The summed E-state index contributed by atoms with van der Waals surface area (Å²) in [5.74, 6) is -1.38. The Labute approximate surface area is 82.2 Å². The SMILES string of the molecule is Fc1ccc(C(F)(F)F)cc1OCCl. The number of alkyl halides is 4. The monoisotopic (exact) mass is 228 g/mol. The third kappa shape index (κ3) is 2.51. The van der Waals surface area contributed by atoms with Crippen molar-refractivity contribution in [1.82, 2.24) is 0 Å². The van der Waals surface area contributed by atoms with Crippen LogP contribution in [0.5, 0.6) is 5.75 Å². The molecule has 0 amide bonds. The van der Waals surface area contributed by atoms with Gasteiger partial charge in [-0.1, -0.05) is 11.6 Å². The van der Waals surface area contributed by atoms with E-state index in [4.69, 9.17) is 11.6 Å². The molecule has 0 radical (unpaired) electrons. The summed E-state index contributed by atoms with van der Waals surface area (Å²) < 4.78 is 53.6. The van der Waals surface area contributed by atoms with Gasteiger partial charge in [0.05, 0.1) is 5.56 Å². The van der Waals surface area contributed by atoms with E-state index in [1.54, 1.807) is 0 Å². The number of hydrogen-bond donors (Lipinski definition) is 0. The predicted octanol–water partition coefficient (Wildman–Crippen LogP) is 3.42. The first-order valence-electron chi connectivity index (χ1n) is 3.50. The van der Waals surface area contributed by atoms with Crippen LogP contribution in [0, 0.1) is 5.82 Å². The van der Waals surface area contributed by atoms with Gasteiger partial charge < -0.3 is 4.74 Å². The summed E-state index contributed by atoms with van der Waals surface area (Å²) >= 11 is 5.10. The van der Waals surface area contributed by atoms with Crippen LogP contribution >= 0.6 is 11.6 Å². The first-order chi connectivity index (χ1) is 6.45. The van der Waals surface area contributed by atoms with Crippen molar-refractivity contribution in [3.8, 4) is 5.75 Å². The standard InChI is InChI=1S/C8H5ClF4O/c9-4-14-7-3-5(8(11,12)13)1-2-6(7)10/h1-3H,4H2. The maximum absolute atomic E-state index is 12.8. The highest BCUT2D eigenvalue weighted by atomic mass is 35.5. The molecule has 0 saturated heterocycles. The van der Waals surface area contributed by atoms with E-state index in [1.807, 2.05) is 0 Å². The number of hydrogen-bond acceptors (Lipinski definition) is 1. The summed E-state index contributed by atoms with van der Waals surface area (Å²) in [7, 11) is 0. The summed E-state index contributed by atoms with van der Waals surface area (Å²) in [6.07, 6.45) is -4.52. The Bertz CT molecular complexity index is 324. The molecule has 1 nitrogen and oxygen atoms in total. The minimum atomic E-state index is -4.52. The molecular formula is C8H5ClF4O. The summed E-state index contributed by atoms with van der Waals surface area (Å²) in [6, 6.07) is 1.48. The lowest BCUT2D eigenvalue weighted by molar-refractivity contribution is -0.137. The Hall–Kier alpha value is -0.970. The van der Waals surface area contributed by atoms with Gasteiger partial charge in [-0.3, -0.25) is 0 Å². The van der Waals surface area contributed by atoms with Crippen molar-refractivity contribution in [2.75, 3.05) is 6.07 Å². The van der Waals surface area contributed by atoms with E-state index < -0.39 is 29.4 Å². The lowest BCUT2D eigenvalue weighted by atomic mass is 10.2. The highest BCUT2D eigenvalue weighted by Crippen LogP contribution is 2.32. The van der Waals surface area contributed by atoms with E-state index in [1.165, 1.54) is 0 Å². The summed E-state index contributed by atoms with van der Waals surface area (Å²) in [5.41, 5.74) is -0.973. The van der Waals surface area contributed by atoms with Crippen molar-refractivity contribution in [1.29, 1.82) is 0 Å². The molecule has 1 aromatic rings. The summed E-state index contributed by atoms with van der Waals surface area (Å²) in [4.78, 5) is 0. The fourth-order valence-electron chi connectivity index (χ4n) is 0.849. The molecule has 0 heterocycles. The number of benzene rings is 1. The maximum atomic E-state index is 12.8. The average Bonchev–Trinajstić information content (AvgIpc) is 2.07. The molecule has 0 aliphatic rings. The first-order valence-corrected chi connectivity index (χ1v) is 4.04. The van der Waals surface area contributed by atoms with Crippen molar-refractivity contribution in [3.63, 3.8) is 0 Å². The van der Waals surface area contributed by atoms with Crippen LogP contribution in [0.3, 0.4) is 0 Å². The van der Waals surface area contributed by atoms with Crippen LogP contribution in [0.1, 0.15) is 5.56 Å². The van der Waals surface area contributed by atoms with Gasteiger partial charge in [-0.25, -0.2) is 4.39 Å². The Morgan fingerprint density at radius 1 is 1.29 bits per heavy atom. The minimum Gasteiger partial charge on any atom is -0.475 e. The third-order valence-corrected chi connectivity index (χ3v) is 1.58. The molecule has 0 aliphatic heterocycles. The van der Waals surface area contributed by atoms with Crippen molar-refractivity contribution in [2.45, 2.75) is 6.18 Å². The van der Waals surface area contributed by atoms with E-state index in [0.29, 0.717) is 18.2 Å². The number of ether oxygens (including phenoxy) is 1. The van der Waals surface area contributed by atoms with E-state index in [2.05, 4.69) is 4.74 Å². The van der Waals surface area contributed by atoms with Crippen LogP contribution in [0.25, 0.3) is 0 Å². The average molecular weight is 229 g/mol. The van der Waals surface area contributed by atoms with Gasteiger partial charge in [-0.05, 0) is 18.2 Å². The third-order valence-electron chi connectivity index (χ3n) is 1.47. The molecule has 0 spiro atoms. The Balaban J connectivity index is 3.06. The summed E-state index contributed by atoms with van der Waals surface area (Å²) in [5, 5.41) is 0. The Morgan fingerprint density at radius 3 is 2.43 bits per heavy atom. The molecule has 1 aromatic carbocycles. The van der Waals surface area contributed by atoms with Crippen LogP contribution in [-0.4, -0.2) is 6.07 Å². The minimum absolute atomic E-state index is 0.405. The van der Waals surface area contributed by atoms with Gasteiger partial charge in [0, 0.05) is 0 Å². The van der Waals surface area contributed by atoms with Gasteiger partial charge in [-0.15, -0.1) is 0 Å². The maximum Gasteiger partial charge on any atom is 0.416 e. The van der Waals surface area contributed by atoms with Crippen LogP contribution < -0.4 is 4.74 Å². The molecule has 0 bridgehead atoms. The molecule has 0 atom stereocenters. The Morgan fingerprint density at radius 2 is 1.93 bits per heavy atom. The van der Waals surface area contributed by atoms with E-state index in [0.717, 1.165) is 0 Å². The fraction of sp³-hybridized carbons (Fsp3) is 0.250. The quantitative estimate of drug-likeness (QED) is 0.557. The van der Waals surface area contributed by atoms with Gasteiger partial charge in [0.2, 0.25) is 0 Å². The molecule has 0 saturated carbocycles. The fourth-order valence-corrected chi connectivity index (χ4v) is 0.967. The van der Waals surface area contributed by atoms with Gasteiger partial charge >= 0.3 is 6.18 Å². The molecule has 0 aliphatic carbocycles. The van der Waals surface area contributed by atoms with E-state index in [-0.39, 0.29) is 0 Å². The first kappa shape index (κ1) is 11.1. The van der Waals surface area contributed by atoms with E-state index in [9.17, 15) is 17.6 Å². The normalized spacial score (nSPS) is 11.5. The zero-order chi connectivity index (χ0) is 10.8. The lowest BCUT2D eigenvalue weighted by Crippen LogP contribution is -2.05. The van der Waals surface area contributed by atoms with Crippen LogP contribution in [0.4, 0.5) is 17.6 Å². The molecule has 0 N–H and O–H groups in total. The van der Waals surface area contributed by atoms with Gasteiger partial charge in [0.25, 0.3) is 0 Å². The largest absolute Gasteiger partial charge is 0.475 e. The van der Waals surface area contributed by atoms with Gasteiger partial charge in [-0.2, -0.15) is 13.2 Å². The van der Waals surface area contributed by atoms with Crippen molar-refractivity contribution < 1.29 is 22.3 Å². The van der Waals surface area contributed by atoms with Crippen molar-refractivity contribution in [2.24, 2.45) is 0 Å². The van der Waals surface area contributed by atoms with Crippen molar-refractivity contribution >= 4 is 11.6 Å². The Kier molecular flexibility index (Phi) is 3.21. The molecule has 78 valence electrons. The smallest absolute Gasteiger partial charge is 0.416 e. The highest BCUT2D eigenvalue weighted by molar-refractivity contribution is 6.17. The second-order valence-electron chi connectivity index (χ2n) is 2.40. The van der Waals surface area contributed by atoms with Gasteiger partial charge in [0.1, 0.15) is 0 Å². The molecule has 0 unspecified atom stereocenters. The van der Waals surface area contributed by atoms with Crippen LogP contribution in [0.15, 0.2) is 18.2 Å². The number of halogens is 5. The zero-order valence-electron chi connectivity index (χ0n) is 6.74. The molecule has 1 rings (SSSR count). The molecular weight excluding hydrogens is 224 g/mol. The van der Waals surface area contributed by atoms with Gasteiger partial charge in [0.15, 0.2) is 17.6 Å². The zero-order valence-corrected chi connectivity index (χ0v) is 7.49. The molecule has 0 aromatic heterocycles. The molecule has 6 heteroatoms. The van der Waals surface area contributed by atoms with Crippen LogP contribution in [0.2, 0.25) is 0 Å². The second kappa shape index (κ2) is 4.04. The highest BCUT2D eigenvalue weighted by Gasteiger charge is 2.31. The molecule has 14 heavy (non-hydrogen) atoms. The predicted molar refractivity (Wildman–Crippen MR) is 42.8 cm³/mol. The summed E-state index contributed by atoms with van der Waals surface area (Å²) in [6.45, 7) is 0. The van der Waals surface area contributed by atoms with Crippen LogP contribution in [-0.2, 0) is 6.18 Å². The van der Waals surface area contributed by atoms with Crippen molar-refractivity contribution in [3.05, 3.63) is 29.6 Å². The number of rotatable bonds is 2. The lowest BCUT2D eigenvalue weighted by Gasteiger charge is -2.09. The topological polar surface area (TPSA) is 9.23 Å². The van der Waals surface area contributed by atoms with E-state index >= 15 is 0 Å². The molecule has 0 fully saturated rings. The second-order valence-corrected chi connectivity index (χ2v) is 2.61.